The number of esters is 1. The molecule has 1 aliphatic rings. The van der Waals surface area contributed by atoms with E-state index in [0.29, 0.717) is 18.7 Å². The molecule has 7 nitrogen and oxygen atoms in total. The maximum absolute atomic E-state index is 12.4. The largest absolute Gasteiger partial charge is 0.493 e. The molecule has 0 atom stereocenters. The number of pyridine rings is 1. The van der Waals surface area contributed by atoms with Gasteiger partial charge in [-0.15, -0.1) is 0 Å². The van der Waals surface area contributed by atoms with E-state index in [2.05, 4.69) is 27.5 Å². The summed E-state index contributed by atoms with van der Waals surface area (Å²) in [6, 6.07) is 6.33. The molecule has 1 aliphatic heterocycles. The monoisotopic (exact) mass is 380 g/mol. The van der Waals surface area contributed by atoms with Gasteiger partial charge in [0.05, 0.1) is 30.0 Å². The number of ether oxygens (including phenoxy) is 2. The lowest BCUT2D eigenvalue weighted by Gasteiger charge is -2.13. The van der Waals surface area contributed by atoms with Crippen LogP contribution in [0.15, 0.2) is 24.4 Å². The Kier molecular flexibility index (Phi) is 4.90. The second-order valence-corrected chi connectivity index (χ2v) is 6.89. The van der Waals surface area contributed by atoms with Gasteiger partial charge in [0.15, 0.2) is 5.65 Å². The first-order valence-electron chi connectivity index (χ1n) is 9.56. The van der Waals surface area contributed by atoms with E-state index >= 15 is 0 Å². The van der Waals surface area contributed by atoms with Crippen molar-refractivity contribution in [3.63, 3.8) is 0 Å². The molecule has 0 spiro atoms. The molecule has 4 rings (SSSR count). The van der Waals surface area contributed by atoms with E-state index in [1.807, 2.05) is 20.0 Å². The summed E-state index contributed by atoms with van der Waals surface area (Å²) in [6.07, 6.45) is 3.36. The van der Waals surface area contributed by atoms with Crippen LogP contribution in [-0.2, 0) is 24.6 Å². The van der Waals surface area contributed by atoms with Gasteiger partial charge >= 0.3 is 5.97 Å². The Labute approximate surface area is 163 Å². The molecule has 146 valence electrons. The molecule has 0 amide bonds. The molecule has 0 bridgehead atoms. The molecule has 0 aliphatic carbocycles. The Hall–Kier alpha value is -3.09. The average Bonchev–Trinajstić information content (AvgIpc) is 3.26. The smallest absolute Gasteiger partial charge is 0.341 e. The third-order valence-electron chi connectivity index (χ3n) is 4.99. The molecule has 0 fully saturated rings. The summed E-state index contributed by atoms with van der Waals surface area (Å²) in [6.45, 7) is 5.47. The zero-order valence-corrected chi connectivity index (χ0v) is 16.4. The number of hydrogen-bond donors (Lipinski definition) is 1. The minimum atomic E-state index is -0.377. The zero-order chi connectivity index (χ0) is 19.7. The predicted molar refractivity (Wildman–Crippen MR) is 107 cm³/mol. The van der Waals surface area contributed by atoms with E-state index in [1.165, 1.54) is 11.1 Å². The summed E-state index contributed by atoms with van der Waals surface area (Å²) < 4.78 is 12.5. The number of aryl methyl sites for hydroxylation is 2. The third-order valence-corrected chi connectivity index (χ3v) is 4.99. The van der Waals surface area contributed by atoms with Crippen molar-refractivity contribution in [2.45, 2.75) is 26.7 Å². The molecule has 7 heteroatoms. The van der Waals surface area contributed by atoms with Gasteiger partial charge in [-0.2, -0.15) is 5.10 Å². The molecular formula is C21H24N4O3. The van der Waals surface area contributed by atoms with Crippen LogP contribution in [0.5, 0.6) is 5.75 Å². The molecule has 0 radical (unpaired) electrons. The average molecular weight is 380 g/mol. The fourth-order valence-electron chi connectivity index (χ4n) is 3.69. The van der Waals surface area contributed by atoms with Crippen molar-refractivity contribution in [3.05, 3.63) is 46.8 Å². The molecule has 0 saturated carbocycles. The van der Waals surface area contributed by atoms with Crippen molar-refractivity contribution in [2.24, 2.45) is 7.05 Å². The minimum absolute atomic E-state index is 0.319. The number of benzene rings is 1. The minimum Gasteiger partial charge on any atom is -0.493 e. The number of aromatic nitrogens is 3. The second kappa shape index (κ2) is 7.50. The summed E-state index contributed by atoms with van der Waals surface area (Å²) in [5, 5.41) is 8.75. The summed E-state index contributed by atoms with van der Waals surface area (Å²) in [5.74, 6) is 0.612. The number of fused-ring (bicyclic) bond motifs is 2. The van der Waals surface area contributed by atoms with Crippen molar-refractivity contribution >= 4 is 22.7 Å². The van der Waals surface area contributed by atoms with Crippen molar-refractivity contribution in [3.8, 4) is 5.75 Å². The molecule has 0 saturated heterocycles. The maximum Gasteiger partial charge on any atom is 0.341 e. The highest BCUT2D eigenvalue weighted by atomic mass is 16.5. The second-order valence-electron chi connectivity index (χ2n) is 6.89. The fourth-order valence-corrected chi connectivity index (χ4v) is 3.69. The number of hydrogen-bond acceptors (Lipinski definition) is 6. The Morgan fingerprint density at radius 1 is 1.39 bits per heavy atom. The Morgan fingerprint density at radius 3 is 3.07 bits per heavy atom. The van der Waals surface area contributed by atoms with Gasteiger partial charge < -0.3 is 14.8 Å². The van der Waals surface area contributed by atoms with Gasteiger partial charge in [-0.1, -0.05) is 12.1 Å². The Morgan fingerprint density at radius 2 is 2.25 bits per heavy atom. The normalized spacial score (nSPS) is 12.7. The van der Waals surface area contributed by atoms with E-state index in [0.717, 1.165) is 47.6 Å². The highest BCUT2D eigenvalue weighted by Gasteiger charge is 2.20. The van der Waals surface area contributed by atoms with Gasteiger partial charge in [0, 0.05) is 26.2 Å². The third kappa shape index (κ3) is 3.28. The molecule has 2 aromatic heterocycles. The number of carbonyl (C=O) groups excluding carboxylic acids is 1. The van der Waals surface area contributed by atoms with Crippen molar-refractivity contribution in [1.29, 1.82) is 0 Å². The quantitative estimate of drug-likeness (QED) is 0.662. The molecule has 1 N–H and O–H groups in total. The maximum atomic E-state index is 12.4. The van der Waals surface area contributed by atoms with Gasteiger partial charge in [-0.3, -0.25) is 4.68 Å². The number of anilines is 1. The first-order valence-corrected chi connectivity index (χ1v) is 9.56. The van der Waals surface area contributed by atoms with E-state index in [4.69, 9.17) is 9.47 Å². The van der Waals surface area contributed by atoms with Crippen molar-refractivity contribution in [1.82, 2.24) is 14.8 Å². The first-order chi connectivity index (χ1) is 13.6. The molecular weight excluding hydrogens is 356 g/mol. The van der Waals surface area contributed by atoms with Gasteiger partial charge in [0.25, 0.3) is 0 Å². The molecule has 0 unspecified atom stereocenters. The molecule has 28 heavy (non-hydrogen) atoms. The van der Waals surface area contributed by atoms with Crippen LogP contribution in [0.4, 0.5) is 5.69 Å². The fraction of sp³-hybridized carbons (Fsp3) is 0.381. The lowest BCUT2D eigenvalue weighted by Crippen LogP contribution is -2.13. The predicted octanol–water partition coefficient (Wildman–Crippen LogP) is 3.04. The van der Waals surface area contributed by atoms with E-state index in [9.17, 15) is 4.79 Å². The highest BCUT2D eigenvalue weighted by Crippen LogP contribution is 2.30. The number of carbonyl (C=O) groups is 1. The first kappa shape index (κ1) is 18.3. The van der Waals surface area contributed by atoms with Gasteiger partial charge in [0.1, 0.15) is 11.3 Å². The van der Waals surface area contributed by atoms with Gasteiger partial charge in [-0.25, -0.2) is 9.78 Å². The van der Waals surface area contributed by atoms with Crippen molar-refractivity contribution < 1.29 is 14.3 Å². The number of nitrogens with zero attached hydrogens (tertiary/aromatic N) is 3. The highest BCUT2D eigenvalue weighted by molar-refractivity contribution is 6.05. The van der Waals surface area contributed by atoms with Crippen LogP contribution in [0.1, 0.15) is 34.1 Å². The molecule has 3 aromatic rings. The number of rotatable bonds is 6. The summed E-state index contributed by atoms with van der Waals surface area (Å²) in [4.78, 5) is 16.9. The summed E-state index contributed by atoms with van der Waals surface area (Å²) in [5.41, 5.74) is 5.24. The lowest BCUT2D eigenvalue weighted by molar-refractivity contribution is 0.0527. The number of nitrogens with one attached hydrogen (secondary N) is 1. The van der Waals surface area contributed by atoms with Gasteiger partial charge in [0.2, 0.25) is 0 Å². The van der Waals surface area contributed by atoms with Gasteiger partial charge in [-0.05, 0) is 37.5 Å². The zero-order valence-electron chi connectivity index (χ0n) is 16.4. The SMILES string of the molecule is CCOC(=O)c1cnc2c(c(C)nn2C)c1NCCc1ccc2c(c1)CCO2. The lowest BCUT2D eigenvalue weighted by atomic mass is 10.1. The van der Waals surface area contributed by atoms with Crippen molar-refractivity contribution in [2.75, 3.05) is 25.1 Å². The summed E-state index contributed by atoms with van der Waals surface area (Å²) in [7, 11) is 1.85. The standard InChI is InChI=1S/C21H24N4O3/c1-4-27-21(26)16-12-23-20-18(13(2)24-25(20)3)19(16)22-9-7-14-5-6-17-15(11-14)8-10-28-17/h5-6,11-12H,4,7-10H2,1-3H3,(H,22,23). The molecule has 1 aromatic carbocycles. The van der Waals surface area contributed by atoms with Crippen LogP contribution in [0.3, 0.4) is 0 Å². The van der Waals surface area contributed by atoms with Crippen LogP contribution >= 0.6 is 0 Å². The van der Waals surface area contributed by atoms with E-state index in [1.54, 1.807) is 17.8 Å². The van der Waals surface area contributed by atoms with E-state index < -0.39 is 0 Å². The Bertz CT molecular complexity index is 1040. The van der Waals surface area contributed by atoms with Crippen LogP contribution in [0.25, 0.3) is 11.0 Å². The Balaban J connectivity index is 1.61. The van der Waals surface area contributed by atoms with E-state index in [-0.39, 0.29) is 5.97 Å². The topological polar surface area (TPSA) is 78.3 Å². The van der Waals surface area contributed by atoms with Crippen LogP contribution in [0.2, 0.25) is 0 Å². The summed E-state index contributed by atoms with van der Waals surface area (Å²) >= 11 is 0. The van der Waals surface area contributed by atoms with Crippen LogP contribution in [0, 0.1) is 6.92 Å². The van der Waals surface area contributed by atoms with Crippen LogP contribution < -0.4 is 10.1 Å². The van der Waals surface area contributed by atoms with Crippen LogP contribution in [-0.4, -0.2) is 40.5 Å². The molecule has 3 heterocycles.